The number of aromatic nitrogens is 1. The van der Waals surface area contributed by atoms with Gasteiger partial charge in [0.05, 0.1) is 0 Å². The number of terminal acetylenes is 2. The summed E-state index contributed by atoms with van der Waals surface area (Å²) >= 11 is 0. The van der Waals surface area contributed by atoms with E-state index < -0.39 is 0 Å². The van der Waals surface area contributed by atoms with E-state index in [-0.39, 0.29) is 0 Å². The number of nitrogens with two attached hydrogens (primary N) is 1. The lowest BCUT2D eigenvalue weighted by Crippen LogP contribution is -2.00. The summed E-state index contributed by atoms with van der Waals surface area (Å²) in [5.74, 6) is 100. The molecule has 3 rings (SSSR count). The second kappa shape index (κ2) is 32.0. The van der Waals surface area contributed by atoms with Crippen LogP contribution in [0, 0.1) is 262 Å². The van der Waals surface area contributed by atoms with Crippen LogP contribution >= 0.6 is 0 Å². The first kappa shape index (κ1) is 46.2. The highest BCUT2D eigenvalue weighted by atomic mass is 16.5. The Bertz CT molecular complexity index is 3620. The Kier molecular flexibility index (Phi) is 23.1. The van der Waals surface area contributed by atoms with E-state index in [1.165, 1.54) is 0 Å². The summed E-state index contributed by atoms with van der Waals surface area (Å²) in [7, 11) is 0. The first-order valence-electron chi connectivity index (χ1n) is 17.4. The molecule has 0 radical (unpaired) electrons. The number of ether oxygens (including phenoxy) is 2. The van der Waals surface area contributed by atoms with Gasteiger partial charge in [-0.15, -0.1) is 12.8 Å². The van der Waals surface area contributed by atoms with Gasteiger partial charge in [0.25, 0.3) is 0 Å². The van der Waals surface area contributed by atoms with Gasteiger partial charge in [-0.1, -0.05) is 6.07 Å². The Morgan fingerprint density at radius 2 is 0.703 bits per heavy atom. The number of benzene rings is 2. The molecule has 0 spiro atoms. The average molecular weight is 797 g/mol. The molecule has 0 saturated heterocycles. The number of rotatable bonds is 5. The minimum Gasteiger partial charge on any atom is -0.407 e. The predicted molar refractivity (Wildman–Crippen MR) is 250 cm³/mol. The Labute approximate surface area is 375 Å². The standard InChI is InChI=1S/C60H16N2O2/c1-3-5-7-9-11-13-15-17-19-21-23-25-27-29-31-33-35-37-39-41-47-63-58-50-56(54-62-46-45-57-49-55(53-61)43-44-60(57)62)51-59(52-58)64-48-42-40-38-36-34-32-30-28-26-24-22-20-18-16-14-12-10-8-6-4-2/h1-2,43-46,49-52H,53-54,61H2. The van der Waals surface area contributed by atoms with E-state index in [0.717, 1.165) is 22.0 Å². The van der Waals surface area contributed by atoms with Gasteiger partial charge >= 0.3 is 0 Å². The van der Waals surface area contributed by atoms with Crippen LogP contribution in [0.5, 0.6) is 11.5 Å². The van der Waals surface area contributed by atoms with Gasteiger partial charge in [0.15, 0.2) is 0 Å². The van der Waals surface area contributed by atoms with Crippen LogP contribution < -0.4 is 15.2 Å². The van der Waals surface area contributed by atoms with Crippen molar-refractivity contribution >= 4 is 10.9 Å². The monoisotopic (exact) mass is 796 g/mol. The van der Waals surface area contributed by atoms with Crippen molar-refractivity contribution in [3.8, 4) is 273 Å². The summed E-state index contributed by atoms with van der Waals surface area (Å²) in [6, 6.07) is 13.4. The van der Waals surface area contributed by atoms with Crippen LogP contribution in [0.25, 0.3) is 10.9 Å². The van der Waals surface area contributed by atoms with Gasteiger partial charge in [-0.3, -0.25) is 0 Å². The molecule has 4 heteroatoms. The van der Waals surface area contributed by atoms with Crippen molar-refractivity contribution in [2.45, 2.75) is 13.1 Å². The van der Waals surface area contributed by atoms with E-state index in [9.17, 15) is 0 Å². The van der Waals surface area contributed by atoms with E-state index in [1.807, 2.05) is 36.5 Å². The van der Waals surface area contributed by atoms with Gasteiger partial charge in [0, 0.05) is 173 Å². The summed E-state index contributed by atoms with van der Waals surface area (Å²) in [6.07, 6.45) is 17.0. The molecule has 2 N–H and O–H groups in total. The fourth-order valence-corrected chi connectivity index (χ4v) is 3.91. The number of hydrogen-bond donors (Lipinski definition) is 1. The smallest absolute Gasteiger partial charge is 0.144 e. The van der Waals surface area contributed by atoms with Crippen molar-refractivity contribution < 1.29 is 9.47 Å². The van der Waals surface area contributed by atoms with Crippen molar-refractivity contribution in [1.82, 2.24) is 4.57 Å². The van der Waals surface area contributed by atoms with Crippen molar-refractivity contribution in [2.75, 3.05) is 0 Å². The highest BCUT2D eigenvalue weighted by Gasteiger charge is 2.07. The molecular formula is C60H16N2O2. The molecule has 0 amide bonds. The van der Waals surface area contributed by atoms with E-state index in [4.69, 9.17) is 28.1 Å². The summed E-state index contributed by atoms with van der Waals surface area (Å²) in [6.45, 7) is 0.950. The molecule has 0 fully saturated rings. The van der Waals surface area contributed by atoms with Crippen molar-refractivity contribution in [3.63, 3.8) is 0 Å². The third-order valence-electron chi connectivity index (χ3n) is 6.20. The molecule has 2 aromatic carbocycles. The third-order valence-corrected chi connectivity index (χ3v) is 6.20. The minimum absolute atomic E-state index is 0.400. The van der Waals surface area contributed by atoms with E-state index in [2.05, 4.69) is 260 Å². The van der Waals surface area contributed by atoms with Gasteiger partial charge in [-0.25, -0.2) is 0 Å². The maximum atomic E-state index is 5.83. The maximum Gasteiger partial charge on any atom is 0.144 e. The quantitative estimate of drug-likeness (QED) is 0.405. The van der Waals surface area contributed by atoms with Crippen molar-refractivity contribution in [1.29, 1.82) is 0 Å². The maximum absolute atomic E-state index is 5.83. The largest absolute Gasteiger partial charge is 0.407 e. The summed E-state index contributed by atoms with van der Waals surface area (Å²) < 4.78 is 13.4. The molecule has 0 atom stereocenters. The molecular weight excluding hydrogens is 781 g/mol. The fourth-order valence-electron chi connectivity index (χ4n) is 3.91. The van der Waals surface area contributed by atoms with E-state index in [1.54, 1.807) is 6.07 Å². The lowest BCUT2D eigenvalue weighted by atomic mass is 10.1. The molecule has 0 aliphatic rings. The first-order chi connectivity index (χ1) is 31.7. The van der Waals surface area contributed by atoms with Crippen LogP contribution in [0.15, 0.2) is 48.7 Å². The van der Waals surface area contributed by atoms with Crippen molar-refractivity contribution in [3.05, 3.63) is 59.8 Å². The van der Waals surface area contributed by atoms with Crippen LogP contribution in [0.1, 0.15) is 11.1 Å². The van der Waals surface area contributed by atoms with Crippen LogP contribution in [-0.4, -0.2) is 4.57 Å². The van der Waals surface area contributed by atoms with Gasteiger partial charge in [-0.05, 0) is 142 Å². The lowest BCUT2D eigenvalue weighted by molar-refractivity contribution is 0.494. The van der Waals surface area contributed by atoms with Crippen LogP contribution in [0.2, 0.25) is 0 Å². The number of fused-ring (bicyclic) bond motifs is 1. The molecule has 0 bridgehead atoms. The van der Waals surface area contributed by atoms with E-state index >= 15 is 0 Å². The molecule has 278 valence electrons. The highest BCUT2D eigenvalue weighted by molar-refractivity contribution is 5.81. The average Bonchev–Trinajstić information content (AvgIpc) is 3.71. The van der Waals surface area contributed by atoms with Crippen LogP contribution in [0.4, 0.5) is 0 Å². The molecule has 1 heterocycles. The summed E-state index contributed by atoms with van der Waals surface area (Å²) in [4.78, 5) is 0. The zero-order valence-electron chi connectivity index (χ0n) is 33.0. The Balaban J connectivity index is 1.64. The summed E-state index contributed by atoms with van der Waals surface area (Å²) in [5, 5.41) is 1.07. The zero-order chi connectivity index (χ0) is 45.2. The second-order valence-electron chi connectivity index (χ2n) is 10.3. The fraction of sp³-hybridized carbons (Fsp3) is 0.0333. The minimum atomic E-state index is 0.400. The zero-order valence-corrected chi connectivity index (χ0v) is 33.0. The number of nitrogens with zero attached hydrogens (tertiary/aromatic N) is 1. The first-order valence-corrected chi connectivity index (χ1v) is 17.4. The molecule has 0 aliphatic heterocycles. The topological polar surface area (TPSA) is 49.4 Å². The molecule has 4 nitrogen and oxygen atoms in total. The second-order valence-corrected chi connectivity index (χ2v) is 10.3. The molecule has 1 aromatic heterocycles. The Morgan fingerprint density at radius 1 is 0.375 bits per heavy atom. The van der Waals surface area contributed by atoms with Gasteiger partial charge < -0.3 is 19.8 Å². The third kappa shape index (κ3) is 21.8. The Hall–Kier alpha value is -12.1. The summed E-state index contributed by atoms with van der Waals surface area (Å²) in [5.41, 5.74) is 8.76. The van der Waals surface area contributed by atoms with Crippen molar-refractivity contribution in [2.24, 2.45) is 5.73 Å². The predicted octanol–water partition coefficient (Wildman–Crippen LogP) is 3.16. The molecule has 64 heavy (non-hydrogen) atoms. The van der Waals surface area contributed by atoms with Gasteiger partial charge in [-0.2, -0.15) is 0 Å². The Morgan fingerprint density at radius 3 is 1.03 bits per heavy atom. The van der Waals surface area contributed by atoms with Crippen LogP contribution in [-0.2, 0) is 13.1 Å². The highest BCUT2D eigenvalue weighted by Crippen LogP contribution is 2.25. The number of hydrogen-bond acceptors (Lipinski definition) is 3. The van der Waals surface area contributed by atoms with E-state index in [0.29, 0.717) is 24.6 Å². The van der Waals surface area contributed by atoms with Crippen LogP contribution in [0.3, 0.4) is 0 Å². The van der Waals surface area contributed by atoms with Gasteiger partial charge in [0.2, 0.25) is 0 Å². The molecule has 0 unspecified atom stereocenters. The normalized spacial score (nSPS) is 6.30. The molecule has 0 aliphatic carbocycles. The lowest BCUT2D eigenvalue weighted by Gasteiger charge is -2.09. The molecule has 3 aromatic rings. The van der Waals surface area contributed by atoms with Gasteiger partial charge in [0.1, 0.15) is 23.7 Å². The molecule has 0 saturated carbocycles. The SMILES string of the molecule is C#CC#CC#CC#CC#CC#CC#CC#CC#CC#CC#COc1cc(Cn2ccc3cc(CN)ccc32)cc(OC#CC#CC#CC#CC#CC#CC#CC#CC#CC#CC#C)c1.